The third-order valence-electron chi connectivity index (χ3n) is 5.86. The summed E-state index contributed by atoms with van der Waals surface area (Å²) in [5.74, 6) is 1.52. The lowest BCUT2D eigenvalue weighted by Gasteiger charge is -2.25. The van der Waals surface area contributed by atoms with E-state index in [-0.39, 0.29) is 5.82 Å². The molecule has 1 N–H and O–H groups in total. The van der Waals surface area contributed by atoms with Crippen molar-refractivity contribution in [3.05, 3.63) is 89.7 Å². The van der Waals surface area contributed by atoms with Crippen LogP contribution in [0.3, 0.4) is 0 Å². The van der Waals surface area contributed by atoms with Gasteiger partial charge in [-0.15, -0.1) is 0 Å². The number of nitrogens with zero attached hydrogens (tertiary/aromatic N) is 2. The minimum Gasteiger partial charge on any atom is -0.497 e. The van der Waals surface area contributed by atoms with Gasteiger partial charge in [0, 0.05) is 5.56 Å². The van der Waals surface area contributed by atoms with Crippen LogP contribution in [0.5, 0.6) is 5.75 Å². The normalized spacial score (nSPS) is 20.4. The van der Waals surface area contributed by atoms with Gasteiger partial charge in [0.2, 0.25) is 0 Å². The van der Waals surface area contributed by atoms with E-state index in [9.17, 15) is 9.50 Å². The van der Waals surface area contributed by atoms with Gasteiger partial charge in [0.15, 0.2) is 6.54 Å². The SMILES string of the molecule is COc1ccc(N2C[C@](O)(c3ccc(F)cc3)[N+]3=C2CCc2ccccc23)cc1. The molecule has 0 bridgehead atoms. The number of hydrogen-bond donors (Lipinski definition) is 1. The van der Waals surface area contributed by atoms with E-state index < -0.39 is 5.72 Å². The van der Waals surface area contributed by atoms with E-state index in [1.165, 1.54) is 17.7 Å². The third kappa shape index (κ3) is 2.81. The van der Waals surface area contributed by atoms with Crippen molar-refractivity contribution in [3.63, 3.8) is 0 Å². The molecule has 2 heterocycles. The zero-order chi connectivity index (χ0) is 20.0. The maximum absolute atomic E-state index is 13.6. The Morgan fingerprint density at radius 3 is 2.41 bits per heavy atom. The second-order valence-corrected chi connectivity index (χ2v) is 7.49. The molecule has 0 saturated heterocycles. The smallest absolute Gasteiger partial charge is 0.275 e. The van der Waals surface area contributed by atoms with Crippen LogP contribution in [0.1, 0.15) is 17.5 Å². The summed E-state index contributed by atoms with van der Waals surface area (Å²) < 4.78 is 20.9. The number of anilines is 1. The van der Waals surface area contributed by atoms with Crippen molar-refractivity contribution in [2.45, 2.75) is 18.6 Å². The molecule has 5 heteroatoms. The van der Waals surface area contributed by atoms with Crippen LogP contribution in [0.15, 0.2) is 72.8 Å². The molecule has 0 unspecified atom stereocenters. The first-order chi connectivity index (χ1) is 14.1. The van der Waals surface area contributed by atoms with E-state index in [0.29, 0.717) is 12.1 Å². The maximum atomic E-state index is 13.6. The summed E-state index contributed by atoms with van der Waals surface area (Å²) in [6.45, 7) is 0.356. The van der Waals surface area contributed by atoms with Crippen LogP contribution >= 0.6 is 0 Å². The first kappa shape index (κ1) is 17.9. The average molecular weight is 389 g/mol. The Hall–Kier alpha value is -3.18. The lowest BCUT2D eigenvalue weighted by molar-refractivity contribution is -0.594. The molecule has 0 saturated carbocycles. The van der Waals surface area contributed by atoms with E-state index in [2.05, 4.69) is 11.0 Å². The molecule has 3 aromatic rings. The Balaban J connectivity index is 1.68. The fourth-order valence-corrected chi connectivity index (χ4v) is 4.43. The van der Waals surface area contributed by atoms with Crippen LogP contribution in [0.2, 0.25) is 0 Å². The molecule has 0 spiro atoms. The van der Waals surface area contributed by atoms with E-state index in [1.807, 2.05) is 47.0 Å². The fourth-order valence-electron chi connectivity index (χ4n) is 4.43. The van der Waals surface area contributed by atoms with Gasteiger partial charge in [-0.05, 0) is 66.6 Å². The van der Waals surface area contributed by atoms with Gasteiger partial charge in [-0.25, -0.2) is 9.29 Å². The summed E-state index contributed by atoms with van der Waals surface area (Å²) >= 11 is 0. The lowest BCUT2D eigenvalue weighted by atomic mass is 9.98. The Kier molecular flexibility index (Phi) is 4.14. The predicted octanol–water partition coefficient (Wildman–Crippen LogP) is 4.19. The number of methoxy groups -OCH3 is 1. The zero-order valence-electron chi connectivity index (χ0n) is 16.2. The van der Waals surface area contributed by atoms with Gasteiger partial charge >= 0.3 is 0 Å². The molecule has 0 aliphatic carbocycles. The number of para-hydroxylation sites is 1. The molecule has 3 aromatic carbocycles. The van der Waals surface area contributed by atoms with Gasteiger partial charge in [-0.2, -0.15) is 4.58 Å². The van der Waals surface area contributed by atoms with Crippen molar-refractivity contribution in [1.29, 1.82) is 0 Å². The standard InChI is InChI=1S/C24H22FN2O2/c1-29-21-13-11-20(12-14-21)26-16-24(28,18-7-9-19(25)10-8-18)27-22-5-3-2-4-17(22)6-15-23(26)27/h2-5,7-14,28H,6,15-16H2,1H3/q+1/t24-/m0/s1. The van der Waals surface area contributed by atoms with E-state index in [4.69, 9.17) is 4.74 Å². The van der Waals surface area contributed by atoms with Crippen LogP contribution < -0.4 is 9.64 Å². The molecule has 1 atom stereocenters. The molecule has 2 aliphatic heterocycles. The van der Waals surface area contributed by atoms with Crippen LogP contribution in [0.25, 0.3) is 0 Å². The second-order valence-electron chi connectivity index (χ2n) is 7.49. The van der Waals surface area contributed by atoms with Gasteiger partial charge in [0.1, 0.15) is 22.9 Å². The summed E-state index contributed by atoms with van der Waals surface area (Å²) in [6, 6.07) is 22.1. The number of ether oxygens (including phenoxy) is 1. The van der Waals surface area contributed by atoms with E-state index in [1.54, 1.807) is 19.2 Å². The Morgan fingerprint density at radius 2 is 1.69 bits per heavy atom. The number of benzene rings is 3. The second kappa shape index (κ2) is 6.71. The minimum absolute atomic E-state index is 0.314. The van der Waals surface area contributed by atoms with Crippen molar-refractivity contribution in [2.75, 3.05) is 18.6 Å². The van der Waals surface area contributed by atoms with Crippen LogP contribution in [0.4, 0.5) is 15.8 Å². The number of fused-ring (bicyclic) bond motifs is 2. The van der Waals surface area contributed by atoms with Crippen molar-refractivity contribution in [3.8, 4) is 5.75 Å². The summed E-state index contributed by atoms with van der Waals surface area (Å²) in [5.41, 5.74) is 2.57. The van der Waals surface area contributed by atoms with Crippen LogP contribution in [-0.4, -0.2) is 29.2 Å². The molecule has 2 aliphatic rings. The number of halogens is 1. The number of rotatable bonds is 3. The highest BCUT2D eigenvalue weighted by atomic mass is 19.1. The van der Waals surface area contributed by atoms with Gasteiger partial charge in [-0.1, -0.05) is 18.2 Å². The molecule has 146 valence electrons. The first-order valence-corrected chi connectivity index (χ1v) is 9.74. The summed E-state index contributed by atoms with van der Waals surface area (Å²) in [6.07, 6.45) is 1.72. The molecule has 0 radical (unpaired) electrons. The zero-order valence-corrected chi connectivity index (χ0v) is 16.2. The predicted molar refractivity (Wildman–Crippen MR) is 110 cm³/mol. The summed E-state index contributed by atoms with van der Waals surface area (Å²) in [7, 11) is 1.65. The van der Waals surface area contributed by atoms with Crippen molar-refractivity contribution < 1.29 is 18.8 Å². The molecule has 0 fully saturated rings. The fraction of sp³-hybridized carbons (Fsp3) is 0.208. The molecule has 4 nitrogen and oxygen atoms in total. The highest BCUT2D eigenvalue weighted by molar-refractivity contribution is 5.97. The number of amidine groups is 1. The van der Waals surface area contributed by atoms with Gasteiger partial charge in [-0.3, -0.25) is 0 Å². The van der Waals surface area contributed by atoms with E-state index >= 15 is 0 Å². The van der Waals surface area contributed by atoms with Crippen LogP contribution in [0, 0.1) is 5.82 Å². The van der Waals surface area contributed by atoms with Gasteiger partial charge in [0.05, 0.1) is 13.5 Å². The maximum Gasteiger partial charge on any atom is 0.275 e. The highest BCUT2D eigenvalue weighted by Crippen LogP contribution is 2.42. The Bertz CT molecular complexity index is 1090. The average Bonchev–Trinajstić information content (AvgIpc) is 3.08. The Labute approximate surface area is 169 Å². The Morgan fingerprint density at radius 1 is 0.966 bits per heavy atom. The molecule has 29 heavy (non-hydrogen) atoms. The minimum atomic E-state index is -1.29. The molecular formula is C24H22FN2O2+. The van der Waals surface area contributed by atoms with E-state index in [0.717, 1.165) is 35.8 Å². The quantitative estimate of drug-likeness (QED) is 0.683. The number of hydrogen-bond acceptors (Lipinski definition) is 3. The van der Waals surface area contributed by atoms with Crippen molar-refractivity contribution in [1.82, 2.24) is 0 Å². The highest BCUT2D eigenvalue weighted by Gasteiger charge is 2.54. The molecule has 0 aromatic heterocycles. The van der Waals surface area contributed by atoms with Gasteiger partial charge < -0.3 is 9.84 Å². The first-order valence-electron chi connectivity index (χ1n) is 9.74. The van der Waals surface area contributed by atoms with Gasteiger partial charge in [0.25, 0.3) is 11.6 Å². The number of aryl methyl sites for hydroxylation is 1. The topological polar surface area (TPSA) is 35.7 Å². The largest absolute Gasteiger partial charge is 0.497 e. The summed E-state index contributed by atoms with van der Waals surface area (Å²) in [5, 5.41) is 11.9. The number of aliphatic hydroxyl groups is 1. The molecule has 5 rings (SSSR count). The summed E-state index contributed by atoms with van der Waals surface area (Å²) in [4.78, 5) is 2.15. The molecule has 0 amide bonds. The van der Waals surface area contributed by atoms with Crippen molar-refractivity contribution >= 4 is 17.2 Å². The van der Waals surface area contributed by atoms with Crippen LogP contribution in [-0.2, 0) is 12.1 Å². The third-order valence-corrected chi connectivity index (χ3v) is 5.86. The monoisotopic (exact) mass is 389 g/mol. The van der Waals surface area contributed by atoms with Crippen molar-refractivity contribution in [2.24, 2.45) is 0 Å². The molecular weight excluding hydrogens is 367 g/mol. The lowest BCUT2D eigenvalue weighted by Crippen LogP contribution is -2.39. The number of β-amino-alcohol motifs (C(OH)–C–C–N with tert-alkyl or cyclic N) is 1.